The Morgan fingerprint density at radius 2 is 2.33 bits per heavy atom. The van der Waals surface area contributed by atoms with Crippen molar-refractivity contribution >= 4 is 6.03 Å². The minimum Gasteiger partial charge on any atom is -0.369 e. The molecular formula is C17H29N5O2. The van der Waals surface area contributed by atoms with Gasteiger partial charge in [0.2, 0.25) is 0 Å². The van der Waals surface area contributed by atoms with Crippen LogP contribution >= 0.6 is 0 Å². The highest BCUT2D eigenvalue weighted by Gasteiger charge is 2.42. The molecule has 7 nitrogen and oxygen atoms in total. The molecule has 134 valence electrons. The molecule has 1 aromatic heterocycles. The van der Waals surface area contributed by atoms with Crippen molar-refractivity contribution in [1.29, 1.82) is 0 Å². The van der Waals surface area contributed by atoms with E-state index >= 15 is 0 Å². The van der Waals surface area contributed by atoms with Crippen LogP contribution in [0, 0.1) is 0 Å². The molecule has 0 saturated carbocycles. The Hall–Kier alpha value is -1.60. The van der Waals surface area contributed by atoms with E-state index in [0.717, 1.165) is 38.9 Å². The van der Waals surface area contributed by atoms with Crippen LogP contribution in [0.2, 0.25) is 0 Å². The zero-order chi connectivity index (χ0) is 17.2. The SMILES string of the molecule is CN(C)C(=O)NC[C@H]1CCC[C@]2(CCN(Cc3cnn(C)c3)C2)O1. The summed E-state index contributed by atoms with van der Waals surface area (Å²) in [5.74, 6) is 0. The molecule has 0 bridgehead atoms. The number of hydrogen-bond donors (Lipinski definition) is 1. The summed E-state index contributed by atoms with van der Waals surface area (Å²) in [6.07, 6.45) is 8.53. The lowest BCUT2D eigenvalue weighted by Crippen LogP contribution is -2.48. The number of aromatic nitrogens is 2. The minimum absolute atomic E-state index is 0.0338. The maximum Gasteiger partial charge on any atom is 0.316 e. The number of carbonyl (C=O) groups excluding carboxylic acids is 1. The van der Waals surface area contributed by atoms with Gasteiger partial charge in [-0.15, -0.1) is 0 Å². The quantitative estimate of drug-likeness (QED) is 0.898. The Labute approximate surface area is 143 Å². The van der Waals surface area contributed by atoms with Gasteiger partial charge in [0.1, 0.15) is 0 Å². The predicted molar refractivity (Wildman–Crippen MR) is 91.6 cm³/mol. The summed E-state index contributed by atoms with van der Waals surface area (Å²) >= 11 is 0. The number of carbonyl (C=O) groups is 1. The monoisotopic (exact) mass is 335 g/mol. The van der Waals surface area contributed by atoms with E-state index in [0.29, 0.717) is 6.54 Å². The third kappa shape index (κ3) is 4.08. The molecule has 3 rings (SSSR count). The highest BCUT2D eigenvalue weighted by molar-refractivity contribution is 5.73. The van der Waals surface area contributed by atoms with Gasteiger partial charge < -0.3 is 15.0 Å². The largest absolute Gasteiger partial charge is 0.369 e. The van der Waals surface area contributed by atoms with Crippen molar-refractivity contribution in [3.8, 4) is 0 Å². The molecular weight excluding hydrogens is 306 g/mol. The fraction of sp³-hybridized carbons (Fsp3) is 0.765. The van der Waals surface area contributed by atoms with Gasteiger partial charge in [0, 0.05) is 59.1 Å². The van der Waals surface area contributed by atoms with Crippen molar-refractivity contribution in [2.24, 2.45) is 7.05 Å². The molecule has 2 atom stereocenters. The first-order chi connectivity index (χ1) is 11.5. The molecule has 3 heterocycles. The summed E-state index contributed by atoms with van der Waals surface area (Å²) in [6.45, 7) is 3.56. The van der Waals surface area contributed by atoms with Gasteiger partial charge in [0.15, 0.2) is 0 Å². The first kappa shape index (κ1) is 17.2. The fourth-order valence-corrected chi connectivity index (χ4v) is 3.80. The Morgan fingerprint density at radius 3 is 3.04 bits per heavy atom. The van der Waals surface area contributed by atoms with Crippen LogP contribution in [0.5, 0.6) is 0 Å². The number of amides is 2. The van der Waals surface area contributed by atoms with Gasteiger partial charge in [-0.05, 0) is 25.7 Å². The van der Waals surface area contributed by atoms with Crippen LogP contribution in [-0.2, 0) is 18.3 Å². The van der Waals surface area contributed by atoms with E-state index in [2.05, 4.69) is 21.5 Å². The topological polar surface area (TPSA) is 62.6 Å². The maximum absolute atomic E-state index is 11.7. The van der Waals surface area contributed by atoms with Gasteiger partial charge in [-0.3, -0.25) is 9.58 Å². The first-order valence-electron chi connectivity index (χ1n) is 8.79. The summed E-state index contributed by atoms with van der Waals surface area (Å²) in [5, 5.41) is 7.19. The van der Waals surface area contributed by atoms with E-state index in [-0.39, 0.29) is 17.7 Å². The van der Waals surface area contributed by atoms with Crippen molar-refractivity contribution in [3.05, 3.63) is 18.0 Å². The van der Waals surface area contributed by atoms with Crippen molar-refractivity contribution in [1.82, 2.24) is 24.9 Å². The molecule has 2 saturated heterocycles. The summed E-state index contributed by atoms with van der Waals surface area (Å²) in [4.78, 5) is 15.7. The van der Waals surface area contributed by atoms with E-state index in [1.54, 1.807) is 19.0 Å². The van der Waals surface area contributed by atoms with Crippen LogP contribution in [0.25, 0.3) is 0 Å². The van der Waals surface area contributed by atoms with Gasteiger partial charge in [-0.25, -0.2) is 4.79 Å². The molecule has 2 aliphatic heterocycles. The Kier molecular flexibility index (Phi) is 5.10. The van der Waals surface area contributed by atoms with Crippen molar-refractivity contribution in [2.45, 2.75) is 43.9 Å². The molecule has 0 aromatic carbocycles. The smallest absolute Gasteiger partial charge is 0.316 e. The van der Waals surface area contributed by atoms with Gasteiger partial charge in [-0.1, -0.05) is 0 Å². The molecule has 24 heavy (non-hydrogen) atoms. The molecule has 1 aromatic rings. The lowest BCUT2D eigenvalue weighted by atomic mass is 9.90. The van der Waals surface area contributed by atoms with Crippen LogP contribution in [0.3, 0.4) is 0 Å². The fourth-order valence-electron chi connectivity index (χ4n) is 3.80. The van der Waals surface area contributed by atoms with Gasteiger partial charge >= 0.3 is 6.03 Å². The second-order valence-electron chi connectivity index (χ2n) is 7.38. The summed E-state index contributed by atoms with van der Waals surface area (Å²) in [5.41, 5.74) is 1.22. The summed E-state index contributed by atoms with van der Waals surface area (Å²) in [7, 11) is 5.46. The normalized spacial score (nSPS) is 27.5. The highest BCUT2D eigenvalue weighted by atomic mass is 16.5. The van der Waals surface area contributed by atoms with E-state index in [1.165, 1.54) is 12.0 Å². The number of ether oxygens (including phenoxy) is 1. The van der Waals surface area contributed by atoms with E-state index in [1.807, 2.05) is 17.9 Å². The Morgan fingerprint density at radius 1 is 1.50 bits per heavy atom. The molecule has 2 fully saturated rings. The standard InChI is InChI=1S/C17H29N5O2/c1-20(2)16(23)18-10-15-5-4-6-17(24-15)7-8-22(13-17)12-14-9-19-21(3)11-14/h9,11,15H,4-8,10,12-13H2,1-3H3,(H,18,23)/t15-,17-/m1/s1. The van der Waals surface area contributed by atoms with E-state index in [9.17, 15) is 4.79 Å². The number of hydrogen-bond acceptors (Lipinski definition) is 4. The third-order valence-corrected chi connectivity index (χ3v) is 5.02. The molecule has 2 aliphatic rings. The predicted octanol–water partition coefficient (Wildman–Crippen LogP) is 1.20. The number of nitrogens with zero attached hydrogens (tertiary/aromatic N) is 4. The molecule has 2 amide bonds. The molecule has 1 spiro atoms. The number of likely N-dealkylation sites (tertiary alicyclic amines) is 1. The number of aryl methyl sites for hydroxylation is 1. The average Bonchev–Trinajstić information content (AvgIpc) is 3.12. The third-order valence-electron chi connectivity index (χ3n) is 5.02. The number of urea groups is 1. The Bertz CT molecular complexity index is 573. The van der Waals surface area contributed by atoms with E-state index < -0.39 is 0 Å². The van der Waals surface area contributed by atoms with Gasteiger partial charge in [0.25, 0.3) is 0 Å². The summed E-state index contributed by atoms with van der Waals surface area (Å²) in [6, 6.07) is -0.0529. The van der Waals surface area contributed by atoms with Crippen LogP contribution in [-0.4, -0.2) is 71.0 Å². The van der Waals surface area contributed by atoms with Crippen molar-refractivity contribution < 1.29 is 9.53 Å². The molecule has 0 aliphatic carbocycles. The highest BCUT2D eigenvalue weighted by Crippen LogP contribution is 2.36. The van der Waals surface area contributed by atoms with E-state index in [4.69, 9.17) is 4.74 Å². The first-order valence-corrected chi connectivity index (χ1v) is 8.79. The zero-order valence-electron chi connectivity index (χ0n) is 15.0. The van der Waals surface area contributed by atoms with Crippen molar-refractivity contribution in [3.63, 3.8) is 0 Å². The van der Waals surface area contributed by atoms with Crippen LogP contribution in [0.4, 0.5) is 4.79 Å². The lowest BCUT2D eigenvalue weighted by Gasteiger charge is -2.39. The minimum atomic E-state index is -0.0529. The van der Waals surface area contributed by atoms with Gasteiger partial charge in [-0.2, -0.15) is 5.10 Å². The summed E-state index contributed by atoms with van der Waals surface area (Å²) < 4.78 is 8.29. The van der Waals surface area contributed by atoms with Crippen molar-refractivity contribution in [2.75, 3.05) is 33.7 Å². The molecule has 0 radical (unpaired) electrons. The van der Waals surface area contributed by atoms with Gasteiger partial charge in [0.05, 0.1) is 17.9 Å². The molecule has 1 N–H and O–H groups in total. The molecule has 7 heteroatoms. The van der Waals surface area contributed by atoms with Crippen LogP contribution < -0.4 is 5.32 Å². The second kappa shape index (κ2) is 7.11. The maximum atomic E-state index is 11.7. The lowest BCUT2D eigenvalue weighted by molar-refractivity contribution is -0.118. The number of nitrogens with one attached hydrogen (secondary N) is 1. The average molecular weight is 335 g/mol. The van der Waals surface area contributed by atoms with Crippen LogP contribution in [0.1, 0.15) is 31.2 Å². The Balaban J connectivity index is 1.51. The zero-order valence-corrected chi connectivity index (χ0v) is 15.0. The molecule has 0 unspecified atom stereocenters. The second-order valence-corrected chi connectivity index (χ2v) is 7.38. The number of rotatable bonds is 4. The van der Waals surface area contributed by atoms with Crippen LogP contribution in [0.15, 0.2) is 12.4 Å².